The smallest absolute Gasteiger partial charge is 0.191 e. The van der Waals surface area contributed by atoms with Gasteiger partial charge in [0.2, 0.25) is 0 Å². The van der Waals surface area contributed by atoms with Gasteiger partial charge in [0.05, 0.1) is 12.9 Å². The molecule has 0 aliphatic rings. The van der Waals surface area contributed by atoms with Gasteiger partial charge in [-0.1, -0.05) is 24.3 Å². The van der Waals surface area contributed by atoms with E-state index in [1.165, 1.54) is 11.6 Å². The molecule has 32 heavy (non-hydrogen) atoms. The fourth-order valence-corrected chi connectivity index (χ4v) is 3.60. The standard InChI is InChI=1S/C24H27FN6.HI/c1-2-27-24(28-9-8-20-15-29-23-7-6-21(25)13-22(20)23)30-14-18-4-3-5-19(12-18)16-31-11-10-26-17-31;/h3-7,10-13,15,17,29H,2,8-9,14,16H2,1H3,(H2,27,28,30);1H. The van der Waals surface area contributed by atoms with Gasteiger partial charge in [-0.2, -0.15) is 0 Å². The highest BCUT2D eigenvalue weighted by molar-refractivity contribution is 14.0. The predicted octanol–water partition coefficient (Wildman–Crippen LogP) is 4.47. The molecule has 0 atom stereocenters. The van der Waals surface area contributed by atoms with Crippen LogP contribution in [0.3, 0.4) is 0 Å². The number of aromatic nitrogens is 3. The fraction of sp³-hybridized carbons (Fsp3) is 0.250. The molecule has 0 aliphatic carbocycles. The van der Waals surface area contributed by atoms with Gasteiger partial charge in [0.25, 0.3) is 0 Å². The average Bonchev–Trinajstić information content (AvgIpc) is 3.42. The van der Waals surface area contributed by atoms with Crippen molar-refractivity contribution in [3.63, 3.8) is 0 Å². The number of benzene rings is 2. The van der Waals surface area contributed by atoms with Crippen LogP contribution >= 0.6 is 24.0 Å². The quantitative estimate of drug-likeness (QED) is 0.174. The van der Waals surface area contributed by atoms with Crippen molar-refractivity contribution in [1.29, 1.82) is 0 Å². The number of hydrogen-bond donors (Lipinski definition) is 3. The van der Waals surface area contributed by atoms with E-state index in [-0.39, 0.29) is 29.8 Å². The van der Waals surface area contributed by atoms with Crippen LogP contribution in [-0.4, -0.2) is 33.6 Å². The summed E-state index contributed by atoms with van der Waals surface area (Å²) in [5.74, 6) is 0.556. The molecular weight excluding hydrogens is 518 g/mol. The van der Waals surface area contributed by atoms with Crippen molar-refractivity contribution in [3.05, 3.63) is 89.9 Å². The minimum absolute atomic E-state index is 0. The summed E-state index contributed by atoms with van der Waals surface area (Å²) in [5, 5.41) is 7.60. The Morgan fingerprint density at radius 3 is 2.84 bits per heavy atom. The first-order valence-corrected chi connectivity index (χ1v) is 10.5. The molecule has 6 nitrogen and oxygen atoms in total. The first kappa shape index (κ1) is 23.8. The summed E-state index contributed by atoms with van der Waals surface area (Å²) >= 11 is 0. The molecule has 168 valence electrons. The molecule has 0 fully saturated rings. The SMILES string of the molecule is CCNC(=NCc1cccc(Cn2ccnc2)c1)NCCc1c[nH]c2ccc(F)cc12.I. The van der Waals surface area contributed by atoms with E-state index in [2.05, 4.69) is 44.9 Å². The van der Waals surface area contributed by atoms with E-state index < -0.39 is 0 Å². The van der Waals surface area contributed by atoms with Crippen molar-refractivity contribution in [1.82, 2.24) is 25.2 Å². The van der Waals surface area contributed by atoms with Crippen LogP contribution in [0.15, 0.2) is 72.4 Å². The van der Waals surface area contributed by atoms with Crippen molar-refractivity contribution in [2.24, 2.45) is 4.99 Å². The van der Waals surface area contributed by atoms with Gasteiger partial charge in [0.15, 0.2) is 5.96 Å². The fourth-order valence-electron chi connectivity index (χ4n) is 3.60. The van der Waals surface area contributed by atoms with Crippen molar-refractivity contribution in [3.8, 4) is 0 Å². The second-order valence-corrected chi connectivity index (χ2v) is 7.43. The maximum Gasteiger partial charge on any atom is 0.191 e. The number of H-pyrrole nitrogens is 1. The molecule has 2 aromatic carbocycles. The molecule has 0 bridgehead atoms. The highest BCUT2D eigenvalue weighted by atomic mass is 127. The van der Waals surface area contributed by atoms with Gasteiger partial charge in [-0.05, 0) is 48.2 Å². The molecule has 0 saturated heterocycles. The zero-order valence-corrected chi connectivity index (χ0v) is 20.3. The Morgan fingerprint density at radius 1 is 1.16 bits per heavy atom. The molecule has 0 unspecified atom stereocenters. The van der Waals surface area contributed by atoms with Crippen molar-refractivity contribution < 1.29 is 4.39 Å². The number of fused-ring (bicyclic) bond motifs is 1. The minimum Gasteiger partial charge on any atom is -0.361 e. The van der Waals surface area contributed by atoms with Crippen LogP contribution in [0.4, 0.5) is 4.39 Å². The Balaban J connectivity index is 0.00000289. The van der Waals surface area contributed by atoms with Crippen LogP contribution in [-0.2, 0) is 19.5 Å². The lowest BCUT2D eigenvalue weighted by atomic mass is 10.1. The lowest BCUT2D eigenvalue weighted by Gasteiger charge is -2.11. The van der Waals surface area contributed by atoms with E-state index in [0.717, 1.165) is 47.5 Å². The van der Waals surface area contributed by atoms with Crippen molar-refractivity contribution in [2.75, 3.05) is 13.1 Å². The molecule has 0 saturated carbocycles. The number of guanidine groups is 1. The van der Waals surface area contributed by atoms with Crippen molar-refractivity contribution in [2.45, 2.75) is 26.4 Å². The number of hydrogen-bond acceptors (Lipinski definition) is 2. The van der Waals surface area contributed by atoms with Crippen LogP contribution in [0, 0.1) is 5.82 Å². The molecule has 8 heteroatoms. The Bertz CT molecular complexity index is 1150. The summed E-state index contributed by atoms with van der Waals surface area (Å²) < 4.78 is 15.6. The number of rotatable bonds is 8. The Hall–Kier alpha value is -2.88. The average molecular weight is 546 g/mol. The number of nitrogens with zero attached hydrogens (tertiary/aromatic N) is 3. The summed E-state index contributed by atoms with van der Waals surface area (Å²) in [6, 6.07) is 13.3. The molecule has 2 aromatic heterocycles. The molecule has 2 heterocycles. The van der Waals surface area contributed by atoms with Crippen LogP contribution in [0.1, 0.15) is 23.6 Å². The predicted molar refractivity (Wildman–Crippen MR) is 138 cm³/mol. The molecule has 0 amide bonds. The largest absolute Gasteiger partial charge is 0.361 e. The third kappa shape index (κ3) is 6.32. The molecular formula is C24H28FIN6. The monoisotopic (exact) mass is 546 g/mol. The van der Waals surface area contributed by atoms with Gasteiger partial charge in [-0.3, -0.25) is 0 Å². The lowest BCUT2D eigenvalue weighted by molar-refractivity contribution is 0.629. The van der Waals surface area contributed by atoms with Crippen molar-refractivity contribution >= 4 is 40.8 Å². The summed E-state index contributed by atoms with van der Waals surface area (Å²) in [6.45, 7) is 4.92. The maximum absolute atomic E-state index is 13.6. The number of nitrogens with one attached hydrogen (secondary N) is 3. The Labute approximate surface area is 204 Å². The highest BCUT2D eigenvalue weighted by Gasteiger charge is 2.06. The summed E-state index contributed by atoms with van der Waals surface area (Å²) in [4.78, 5) is 12.0. The summed E-state index contributed by atoms with van der Waals surface area (Å²) in [5.41, 5.74) is 4.41. The summed E-state index contributed by atoms with van der Waals surface area (Å²) in [6.07, 6.45) is 8.28. The van der Waals surface area contributed by atoms with E-state index in [9.17, 15) is 4.39 Å². The zero-order chi connectivity index (χ0) is 21.5. The molecule has 4 aromatic rings. The van der Waals surface area contributed by atoms with Gasteiger partial charge in [0, 0.05) is 49.1 Å². The number of imidazole rings is 1. The first-order chi connectivity index (χ1) is 15.2. The lowest BCUT2D eigenvalue weighted by Crippen LogP contribution is -2.38. The van der Waals surface area contributed by atoms with E-state index in [4.69, 9.17) is 4.99 Å². The Kier molecular flexibility index (Phi) is 8.66. The second kappa shape index (κ2) is 11.7. The van der Waals surface area contributed by atoms with E-state index in [1.54, 1.807) is 18.3 Å². The number of halogens is 2. The minimum atomic E-state index is -0.216. The van der Waals surface area contributed by atoms with Crippen LogP contribution in [0.2, 0.25) is 0 Å². The Morgan fingerprint density at radius 2 is 2.03 bits per heavy atom. The maximum atomic E-state index is 13.6. The van der Waals surface area contributed by atoms with Gasteiger partial charge >= 0.3 is 0 Å². The van der Waals surface area contributed by atoms with Gasteiger partial charge in [0.1, 0.15) is 5.82 Å². The van der Waals surface area contributed by atoms with E-state index >= 15 is 0 Å². The number of aliphatic imine (C=N–C) groups is 1. The highest BCUT2D eigenvalue weighted by Crippen LogP contribution is 2.19. The van der Waals surface area contributed by atoms with Gasteiger partial charge in [-0.25, -0.2) is 14.4 Å². The van der Waals surface area contributed by atoms with Gasteiger partial charge < -0.3 is 20.2 Å². The molecule has 4 rings (SSSR count). The van der Waals surface area contributed by atoms with E-state index in [1.807, 2.05) is 30.2 Å². The molecule has 0 radical (unpaired) electrons. The summed E-state index contributed by atoms with van der Waals surface area (Å²) in [7, 11) is 0. The zero-order valence-electron chi connectivity index (χ0n) is 18.0. The van der Waals surface area contributed by atoms with E-state index in [0.29, 0.717) is 13.1 Å². The molecule has 0 aliphatic heterocycles. The third-order valence-corrected chi connectivity index (χ3v) is 5.10. The number of aromatic amines is 1. The van der Waals surface area contributed by atoms with Crippen LogP contribution in [0.25, 0.3) is 10.9 Å². The second-order valence-electron chi connectivity index (χ2n) is 7.43. The normalized spacial score (nSPS) is 11.4. The first-order valence-electron chi connectivity index (χ1n) is 10.5. The third-order valence-electron chi connectivity index (χ3n) is 5.10. The van der Waals surface area contributed by atoms with Gasteiger partial charge in [-0.15, -0.1) is 24.0 Å². The van der Waals surface area contributed by atoms with Crippen LogP contribution < -0.4 is 10.6 Å². The van der Waals surface area contributed by atoms with Crippen LogP contribution in [0.5, 0.6) is 0 Å². The topological polar surface area (TPSA) is 70.0 Å². The molecule has 0 spiro atoms. The molecule has 3 N–H and O–H groups in total.